The number of aliphatic imine (C=N–C) groups is 1. The van der Waals surface area contributed by atoms with Gasteiger partial charge in [-0.25, -0.2) is 9.59 Å². The first kappa shape index (κ1) is 31.0. The molecule has 0 spiro atoms. The molecule has 8 nitrogen and oxygen atoms in total. The minimum atomic E-state index is -1.08. The standard InChI is InChI=1S/C34H42N2O6/c1-21(2)17-28(31-29(37)18-34(3,4)19-30(31)38)36-27(32(39)40)15-9-10-16-35-33(41)42-20-26-24-13-7-5-11-22(24)23-12-6-8-14-25(23)26/h5-8,11-14,21,26-27,37H,9-10,15-20H2,1-4H3,(H,35,41)(H,39,40)/t27-/m0/s1. The monoisotopic (exact) mass is 574 g/mol. The molecular formula is C34H42N2O6. The van der Waals surface area contributed by atoms with Gasteiger partial charge in [0.1, 0.15) is 18.4 Å². The zero-order valence-electron chi connectivity index (χ0n) is 25.0. The number of nitrogens with one attached hydrogen (secondary N) is 1. The highest BCUT2D eigenvalue weighted by Crippen LogP contribution is 2.44. The molecule has 42 heavy (non-hydrogen) atoms. The molecule has 0 unspecified atom stereocenters. The number of aliphatic carboxylic acids is 1. The number of rotatable bonds is 12. The lowest BCUT2D eigenvalue weighted by molar-refractivity contribution is -0.138. The summed E-state index contributed by atoms with van der Waals surface area (Å²) in [6.45, 7) is 8.35. The SMILES string of the molecule is CC(C)CC(=N[C@@H](CCCCNC(=O)OCC1c2ccccc2-c2ccccc21)C(=O)O)C1=C(O)CC(C)(C)CC1=O. The van der Waals surface area contributed by atoms with Crippen LogP contribution < -0.4 is 5.32 Å². The minimum Gasteiger partial charge on any atom is -0.511 e. The van der Waals surface area contributed by atoms with Crippen molar-refractivity contribution in [2.45, 2.75) is 78.2 Å². The highest BCUT2D eigenvalue weighted by atomic mass is 16.5. The number of amides is 1. The van der Waals surface area contributed by atoms with Crippen molar-refractivity contribution in [1.29, 1.82) is 0 Å². The number of benzene rings is 2. The summed E-state index contributed by atoms with van der Waals surface area (Å²) in [5.41, 5.74) is 4.83. The average Bonchev–Trinajstić information content (AvgIpc) is 3.23. The van der Waals surface area contributed by atoms with Crippen LogP contribution in [0.2, 0.25) is 0 Å². The lowest BCUT2D eigenvalue weighted by Gasteiger charge is -2.30. The summed E-state index contributed by atoms with van der Waals surface area (Å²) in [4.78, 5) is 41.9. The van der Waals surface area contributed by atoms with Crippen LogP contribution in [0.25, 0.3) is 11.1 Å². The van der Waals surface area contributed by atoms with Gasteiger partial charge in [-0.1, -0.05) is 76.2 Å². The smallest absolute Gasteiger partial charge is 0.407 e. The zero-order valence-corrected chi connectivity index (χ0v) is 25.0. The molecular weight excluding hydrogens is 532 g/mol. The fraction of sp³-hybridized carbons (Fsp3) is 0.471. The first-order chi connectivity index (χ1) is 20.0. The van der Waals surface area contributed by atoms with Crippen LogP contribution in [0.4, 0.5) is 4.79 Å². The zero-order chi connectivity index (χ0) is 30.4. The summed E-state index contributed by atoms with van der Waals surface area (Å²) in [6.07, 6.45) is 1.82. The van der Waals surface area contributed by atoms with Crippen LogP contribution in [0.5, 0.6) is 0 Å². The van der Waals surface area contributed by atoms with Crippen LogP contribution in [-0.2, 0) is 14.3 Å². The van der Waals surface area contributed by atoms with E-state index < -0.39 is 18.1 Å². The van der Waals surface area contributed by atoms with Crippen molar-refractivity contribution in [3.05, 3.63) is 71.0 Å². The quantitative estimate of drug-likeness (QED) is 0.188. The molecule has 4 rings (SSSR count). The van der Waals surface area contributed by atoms with E-state index in [9.17, 15) is 24.6 Å². The third-order valence-electron chi connectivity index (χ3n) is 7.86. The number of fused-ring (bicyclic) bond motifs is 3. The largest absolute Gasteiger partial charge is 0.511 e. The molecule has 0 fully saturated rings. The van der Waals surface area contributed by atoms with Crippen molar-refractivity contribution in [2.75, 3.05) is 13.2 Å². The predicted octanol–water partition coefficient (Wildman–Crippen LogP) is 6.84. The van der Waals surface area contributed by atoms with Crippen molar-refractivity contribution in [3.63, 3.8) is 0 Å². The van der Waals surface area contributed by atoms with Crippen molar-refractivity contribution < 1.29 is 29.3 Å². The molecule has 0 bridgehead atoms. The summed E-state index contributed by atoms with van der Waals surface area (Å²) in [7, 11) is 0. The highest BCUT2D eigenvalue weighted by molar-refractivity contribution is 6.23. The van der Waals surface area contributed by atoms with E-state index in [0.29, 0.717) is 37.9 Å². The first-order valence-electron chi connectivity index (χ1n) is 14.8. The summed E-state index contributed by atoms with van der Waals surface area (Å²) >= 11 is 0. The van der Waals surface area contributed by atoms with Gasteiger partial charge >= 0.3 is 12.1 Å². The Morgan fingerprint density at radius 2 is 1.64 bits per heavy atom. The summed E-state index contributed by atoms with van der Waals surface area (Å²) in [6, 6.07) is 15.3. The van der Waals surface area contributed by atoms with E-state index in [-0.39, 0.29) is 53.8 Å². The first-order valence-corrected chi connectivity index (χ1v) is 14.8. The second-order valence-electron chi connectivity index (χ2n) is 12.5. The van der Waals surface area contributed by atoms with Crippen molar-refractivity contribution in [3.8, 4) is 11.1 Å². The second-order valence-corrected chi connectivity index (χ2v) is 12.5. The number of ketones is 1. The van der Waals surface area contributed by atoms with Crippen LogP contribution in [0, 0.1) is 11.3 Å². The van der Waals surface area contributed by atoms with Gasteiger partial charge in [0.15, 0.2) is 5.78 Å². The maximum absolute atomic E-state index is 12.9. The van der Waals surface area contributed by atoms with E-state index >= 15 is 0 Å². The fourth-order valence-corrected chi connectivity index (χ4v) is 5.96. The van der Waals surface area contributed by atoms with Gasteiger partial charge < -0.3 is 20.3 Å². The lowest BCUT2D eigenvalue weighted by Crippen LogP contribution is -2.31. The fourth-order valence-electron chi connectivity index (χ4n) is 5.96. The molecule has 8 heteroatoms. The average molecular weight is 575 g/mol. The van der Waals surface area contributed by atoms with Gasteiger partial charge in [0.25, 0.3) is 0 Å². The number of aliphatic hydroxyl groups is 1. The number of alkyl carbamates (subject to hydrolysis) is 1. The Hall–Kier alpha value is -3.94. The van der Waals surface area contributed by atoms with Gasteiger partial charge in [0, 0.05) is 25.3 Å². The number of carboxylic acid groups (broad SMARTS) is 1. The second kappa shape index (κ2) is 13.4. The number of unbranched alkanes of at least 4 members (excludes halogenated alkanes) is 1. The molecule has 2 aliphatic carbocycles. The number of carbonyl (C=O) groups is 3. The number of nitrogens with zero attached hydrogens (tertiary/aromatic N) is 1. The van der Waals surface area contributed by atoms with Crippen LogP contribution in [0.1, 0.15) is 83.3 Å². The predicted molar refractivity (Wildman–Crippen MR) is 163 cm³/mol. The number of hydrogen-bond acceptors (Lipinski definition) is 6. The molecule has 0 heterocycles. The highest BCUT2D eigenvalue weighted by Gasteiger charge is 2.36. The van der Waals surface area contributed by atoms with Crippen molar-refractivity contribution >= 4 is 23.6 Å². The molecule has 0 radical (unpaired) electrons. The van der Waals surface area contributed by atoms with E-state index in [1.165, 1.54) is 0 Å². The van der Waals surface area contributed by atoms with Gasteiger partial charge in [-0.3, -0.25) is 9.79 Å². The molecule has 0 aliphatic heterocycles. The Morgan fingerprint density at radius 1 is 1.02 bits per heavy atom. The number of carboxylic acids is 1. The summed E-state index contributed by atoms with van der Waals surface area (Å²) < 4.78 is 5.57. The molecule has 2 aliphatic rings. The van der Waals surface area contributed by atoms with E-state index in [2.05, 4.69) is 34.6 Å². The summed E-state index contributed by atoms with van der Waals surface area (Å²) in [5, 5.41) is 23.3. The Bertz CT molecular complexity index is 1340. The third kappa shape index (κ3) is 7.46. The maximum atomic E-state index is 12.9. The van der Waals surface area contributed by atoms with Gasteiger partial charge in [0.05, 0.1) is 11.3 Å². The molecule has 0 saturated carbocycles. The Labute approximate surface area is 247 Å². The Morgan fingerprint density at radius 3 is 2.21 bits per heavy atom. The number of Topliss-reactive ketones (excluding diaryl/α,β-unsaturated/α-hetero) is 1. The van der Waals surface area contributed by atoms with Gasteiger partial charge in [-0.2, -0.15) is 0 Å². The molecule has 0 aromatic heterocycles. The Kier molecular flexibility index (Phi) is 9.86. The number of carbonyl (C=O) groups excluding carboxylic acids is 2. The van der Waals surface area contributed by atoms with Crippen LogP contribution in [-0.4, -0.2) is 53.0 Å². The third-order valence-corrected chi connectivity index (χ3v) is 7.86. The molecule has 0 saturated heterocycles. The molecule has 3 N–H and O–H groups in total. The molecule has 1 atom stereocenters. The van der Waals surface area contributed by atoms with Crippen LogP contribution in [0.3, 0.4) is 0 Å². The van der Waals surface area contributed by atoms with Crippen molar-refractivity contribution in [1.82, 2.24) is 5.32 Å². The van der Waals surface area contributed by atoms with Gasteiger partial charge in [-0.05, 0) is 59.3 Å². The number of allylic oxidation sites excluding steroid dienone is 2. The number of hydrogen-bond donors (Lipinski definition) is 3. The van der Waals surface area contributed by atoms with E-state index in [1.54, 1.807) is 0 Å². The van der Waals surface area contributed by atoms with Gasteiger partial charge in [0.2, 0.25) is 0 Å². The maximum Gasteiger partial charge on any atom is 0.407 e. The normalized spacial score (nSPS) is 17.2. The lowest BCUT2D eigenvalue weighted by atomic mass is 9.75. The summed E-state index contributed by atoms with van der Waals surface area (Å²) in [5.74, 6) is -1.17. The van der Waals surface area contributed by atoms with E-state index in [4.69, 9.17) is 4.74 Å². The van der Waals surface area contributed by atoms with E-state index in [1.807, 2.05) is 52.0 Å². The Balaban J connectivity index is 1.30. The number of ether oxygens (including phenoxy) is 1. The molecule has 1 amide bonds. The molecule has 2 aromatic carbocycles. The van der Waals surface area contributed by atoms with Gasteiger partial charge in [-0.15, -0.1) is 0 Å². The topological polar surface area (TPSA) is 125 Å². The minimum absolute atomic E-state index is 0.00733. The van der Waals surface area contributed by atoms with Crippen LogP contribution >= 0.6 is 0 Å². The molecule has 224 valence electrons. The molecule has 2 aromatic rings. The number of aliphatic hydroxyl groups excluding tert-OH is 1. The van der Waals surface area contributed by atoms with Crippen molar-refractivity contribution in [2.24, 2.45) is 16.3 Å². The van der Waals surface area contributed by atoms with E-state index in [0.717, 1.165) is 22.3 Å². The van der Waals surface area contributed by atoms with Crippen LogP contribution in [0.15, 0.2) is 64.9 Å².